The smallest absolute Gasteiger partial charge is 0.457 e. The summed E-state index contributed by atoms with van der Waals surface area (Å²) in [6.45, 7) is 5.55. The molecule has 0 amide bonds. The van der Waals surface area contributed by atoms with Crippen molar-refractivity contribution in [3.8, 4) is 0 Å². The molecule has 72 heavy (non-hydrogen) atoms. The highest BCUT2D eigenvalue weighted by Crippen LogP contribution is 2.43. The third-order valence-corrected chi connectivity index (χ3v) is 14.3. The van der Waals surface area contributed by atoms with Crippen molar-refractivity contribution in [2.75, 3.05) is 54.1 Å². The lowest BCUT2D eigenvalue weighted by Crippen LogP contribution is -2.37. The molecule has 422 valence electrons. The third-order valence-electron chi connectivity index (χ3n) is 13.3. The van der Waals surface area contributed by atoms with E-state index in [0.29, 0.717) is 24.1 Å². The summed E-state index contributed by atoms with van der Waals surface area (Å²) in [5.41, 5.74) is 0. The van der Waals surface area contributed by atoms with E-state index in [2.05, 4.69) is 74.6 Å². The van der Waals surface area contributed by atoms with Crippen LogP contribution in [0.3, 0.4) is 0 Å². The van der Waals surface area contributed by atoms with E-state index in [1.54, 1.807) is 0 Å². The van der Waals surface area contributed by atoms with Crippen LogP contribution in [0.25, 0.3) is 0 Å². The van der Waals surface area contributed by atoms with E-state index < -0.39 is 13.9 Å². The Kier molecular flexibility index (Phi) is 54.0. The number of carbonyl (C=O) groups is 1. The van der Waals surface area contributed by atoms with Crippen molar-refractivity contribution in [2.45, 2.75) is 283 Å². The van der Waals surface area contributed by atoms with Gasteiger partial charge in [0, 0.05) is 13.0 Å². The van der Waals surface area contributed by atoms with Crippen molar-refractivity contribution in [3.63, 3.8) is 0 Å². The Labute approximate surface area is 447 Å². The van der Waals surface area contributed by atoms with Crippen molar-refractivity contribution in [3.05, 3.63) is 60.8 Å². The Hall–Kier alpha value is -1.80. The van der Waals surface area contributed by atoms with Gasteiger partial charge in [0.2, 0.25) is 0 Å². The lowest BCUT2D eigenvalue weighted by atomic mass is 10.0. The molecule has 0 aliphatic carbocycles. The van der Waals surface area contributed by atoms with E-state index in [9.17, 15) is 14.3 Å². The molecule has 0 rings (SSSR count). The zero-order valence-corrected chi connectivity index (χ0v) is 49.1. The van der Waals surface area contributed by atoms with E-state index in [1.165, 1.54) is 186 Å². The molecule has 2 atom stereocenters. The van der Waals surface area contributed by atoms with Gasteiger partial charge in [-0.25, -0.2) is 4.57 Å². The molecule has 0 fully saturated rings. The maximum atomic E-state index is 12.8. The van der Waals surface area contributed by atoms with Crippen LogP contribution in [0.4, 0.5) is 0 Å². The number of rotatable bonds is 57. The first-order valence-electron chi connectivity index (χ1n) is 30.5. The van der Waals surface area contributed by atoms with Gasteiger partial charge < -0.3 is 18.9 Å². The summed E-state index contributed by atoms with van der Waals surface area (Å²) >= 11 is 0. The van der Waals surface area contributed by atoms with Gasteiger partial charge in [-0.05, 0) is 57.8 Å². The summed E-state index contributed by atoms with van der Waals surface area (Å²) in [7, 11) is 1.67. The Morgan fingerprint density at radius 2 is 0.806 bits per heavy atom. The predicted molar refractivity (Wildman–Crippen MR) is 312 cm³/mol. The van der Waals surface area contributed by atoms with Crippen LogP contribution < -0.4 is 0 Å². The molecule has 0 aromatic heterocycles. The minimum absolute atomic E-state index is 0.0869. The molecule has 0 radical (unpaired) electrons. The van der Waals surface area contributed by atoms with Gasteiger partial charge in [0.25, 0.3) is 0 Å². The SMILES string of the molecule is CC/C=C\C/C=C\C/C=C\C/C=C\C/C=C\CCCCCCCCCCCC(=O)OC(COCCCCCCCCCCCCCCCCCCCCCCCCCCC)COP(=O)(O)OCC[N+](C)(C)C. The number of phosphoric acid groups is 1. The van der Waals surface area contributed by atoms with Crippen LogP contribution in [0.1, 0.15) is 277 Å². The van der Waals surface area contributed by atoms with E-state index in [0.717, 1.165) is 70.6 Å². The Balaban J connectivity index is 4.04. The number of hydrogen-bond donors (Lipinski definition) is 1. The highest BCUT2D eigenvalue weighted by atomic mass is 31.2. The maximum absolute atomic E-state index is 12.8. The molecule has 2 unspecified atom stereocenters. The second-order valence-electron chi connectivity index (χ2n) is 21.7. The standard InChI is InChI=1S/C63H118NO7P/c1-6-8-10-12-14-16-18-20-22-24-26-28-30-32-34-36-38-40-42-44-46-48-50-52-54-56-63(65)71-62(61-70-72(66,67)69-59-57-64(3,4)5)60-68-58-55-53-51-49-47-45-43-41-39-37-35-33-31-29-27-25-23-21-19-17-15-13-11-9-7-2/h8,10,14,16,20,22,26,28,32,34,62H,6-7,9,11-13,15,17-19,21,23-25,27,29-31,33,35-61H2,1-5H3/p+1/b10-8-,16-14-,22-20-,28-26-,34-32-. The van der Waals surface area contributed by atoms with Crippen molar-refractivity contribution in [2.24, 2.45) is 0 Å². The molecule has 0 aliphatic rings. The zero-order valence-electron chi connectivity index (χ0n) is 48.2. The summed E-state index contributed by atoms with van der Waals surface area (Å²) in [4.78, 5) is 23.1. The van der Waals surface area contributed by atoms with Gasteiger partial charge in [0.1, 0.15) is 19.3 Å². The van der Waals surface area contributed by atoms with Crippen LogP contribution in [-0.4, -0.2) is 75.6 Å². The highest BCUT2D eigenvalue weighted by Gasteiger charge is 2.26. The number of phosphoric ester groups is 1. The number of unbranched alkanes of at least 4 members (excludes halogenated alkanes) is 33. The van der Waals surface area contributed by atoms with Crippen LogP contribution in [0, 0.1) is 0 Å². The van der Waals surface area contributed by atoms with E-state index in [4.69, 9.17) is 18.5 Å². The van der Waals surface area contributed by atoms with Gasteiger partial charge in [-0.2, -0.15) is 0 Å². The van der Waals surface area contributed by atoms with Crippen LogP contribution in [-0.2, 0) is 27.9 Å². The number of quaternary nitrogens is 1. The lowest BCUT2D eigenvalue weighted by molar-refractivity contribution is -0.870. The first kappa shape index (κ1) is 70.2. The number of esters is 1. The van der Waals surface area contributed by atoms with Gasteiger partial charge in [0.05, 0.1) is 34.4 Å². The van der Waals surface area contributed by atoms with Crippen molar-refractivity contribution in [1.29, 1.82) is 0 Å². The third kappa shape index (κ3) is 59.1. The average Bonchev–Trinajstić information content (AvgIpc) is 3.34. The molecular formula is C63H119NO7P+. The molecule has 0 saturated carbocycles. The first-order chi connectivity index (χ1) is 35.1. The molecule has 0 saturated heterocycles. The van der Waals surface area contributed by atoms with Crippen molar-refractivity contribution in [1.82, 2.24) is 0 Å². The minimum Gasteiger partial charge on any atom is -0.457 e. The summed E-state index contributed by atoms with van der Waals surface area (Å²) in [6.07, 6.45) is 73.0. The Morgan fingerprint density at radius 1 is 0.444 bits per heavy atom. The minimum atomic E-state index is -4.29. The van der Waals surface area contributed by atoms with Gasteiger partial charge >= 0.3 is 13.8 Å². The fourth-order valence-electron chi connectivity index (χ4n) is 8.70. The monoisotopic (exact) mass is 1030 g/mol. The molecule has 0 spiro atoms. The summed E-state index contributed by atoms with van der Waals surface area (Å²) < 4.78 is 35.3. The molecule has 9 heteroatoms. The van der Waals surface area contributed by atoms with Crippen LogP contribution in [0.15, 0.2) is 60.8 Å². The van der Waals surface area contributed by atoms with E-state index in [-0.39, 0.29) is 25.8 Å². The average molecular weight is 1030 g/mol. The van der Waals surface area contributed by atoms with Gasteiger partial charge in [-0.15, -0.1) is 0 Å². The second-order valence-corrected chi connectivity index (χ2v) is 23.2. The number of hydrogen-bond acceptors (Lipinski definition) is 6. The molecule has 0 aromatic carbocycles. The zero-order chi connectivity index (χ0) is 52.6. The van der Waals surface area contributed by atoms with Gasteiger partial charge in [-0.3, -0.25) is 13.8 Å². The number of carbonyl (C=O) groups excluding carboxylic acids is 1. The number of likely N-dealkylation sites (N-methyl/N-ethyl adjacent to an activating group) is 1. The maximum Gasteiger partial charge on any atom is 0.472 e. The molecule has 0 aliphatic heterocycles. The Bertz CT molecular complexity index is 1340. The predicted octanol–water partition coefficient (Wildman–Crippen LogP) is 19.6. The molecule has 0 heterocycles. The van der Waals surface area contributed by atoms with E-state index >= 15 is 0 Å². The quantitative estimate of drug-likeness (QED) is 0.0213. The fourth-order valence-corrected chi connectivity index (χ4v) is 9.44. The number of allylic oxidation sites excluding steroid dienone is 10. The summed E-state index contributed by atoms with van der Waals surface area (Å²) in [5, 5.41) is 0. The van der Waals surface area contributed by atoms with E-state index in [1.807, 2.05) is 21.1 Å². The van der Waals surface area contributed by atoms with Crippen LogP contribution >= 0.6 is 7.82 Å². The highest BCUT2D eigenvalue weighted by molar-refractivity contribution is 7.47. The van der Waals surface area contributed by atoms with Gasteiger partial charge in [-0.1, -0.05) is 274 Å². The summed E-state index contributed by atoms with van der Waals surface area (Å²) in [6, 6.07) is 0. The number of ether oxygens (including phenoxy) is 2. The van der Waals surface area contributed by atoms with Gasteiger partial charge in [0.15, 0.2) is 0 Å². The molecule has 0 bridgehead atoms. The van der Waals surface area contributed by atoms with Crippen molar-refractivity contribution < 1.29 is 37.3 Å². The molecule has 8 nitrogen and oxygen atoms in total. The first-order valence-corrected chi connectivity index (χ1v) is 32.0. The van der Waals surface area contributed by atoms with Crippen LogP contribution in [0.5, 0.6) is 0 Å². The van der Waals surface area contributed by atoms with Crippen LogP contribution in [0.2, 0.25) is 0 Å². The molecule has 1 N–H and O–H groups in total. The molecule has 0 aromatic rings. The second kappa shape index (κ2) is 55.4. The fraction of sp³-hybridized carbons (Fsp3) is 0.825. The molecular weight excluding hydrogens is 914 g/mol. The number of nitrogens with zero attached hydrogens (tertiary/aromatic N) is 1. The normalized spacial score (nSPS) is 13.8. The summed E-state index contributed by atoms with van der Waals surface area (Å²) in [5.74, 6) is -0.316. The lowest BCUT2D eigenvalue weighted by Gasteiger charge is -2.24. The Morgan fingerprint density at radius 3 is 1.21 bits per heavy atom. The topological polar surface area (TPSA) is 91.3 Å². The van der Waals surface area contributed by atoms with Crippen molar-refractivity contribution >= 4 is 13.8 Å². The largest absolute Gasteiger partial charge is 0.472 e.